The molecule has 1 amide bonds. The third-order valence-corrected chi connectivity index (χ3v) is 4.02. The SMILES string of the molecule is O=C(Cc1ccc(OC(F)(F)F)cc1)NC1CCCC(C(F)(F)F)C1. The van der Waals surface area contributed by atoms with Crippen LogP contribution >= 0.6 is 0 Å². The van der Waals surface area contributed by atoms with E-state index >= 15 is 0 Å². The van der Waals surface area contributed by atoms with Crippen molar-refractivity contribution in [3.63, 3.8) is 0 Å². The lowest BCUT2D eigenvalue weighted by Gasteiger charge is -2.31. The van der Waals surface area contributed by atoms with Crippen LogP contribution in [0.3, 0.4) is 0 Å². The molecular weight excluding hydrogens is 352 g/mol. The molecule has 140 valence electrons. The number of ether oxygens (including phenoxy) is 1. The second-order valence-corrected chi connectivity index (χ2v) is 6.04. The van der Waals surface area contributed by atoms with E-state index in [1.807, 2.05) is 0 Å². The van der Waals surface area contributed by atoms with Gasteiger partial charge in [-0.05, 0) is 37.0 Å². The summed E-state index contributed by atoms with van der Waals surface area (Å²) in [6.07, 6.45) is -8.40. The molecule has 0 aromatic heterocycles. The number of nitrogens with one attached hydrogen (secondary N) is 1. The number of rotatable bonds is 4. The van der Waals surface area contributed by atoms with Gasteiger partial charge in [-0.25, -0.2) is 0 Å². The zero-order valence-electron chi connectivity index (χ0n) is 13.1. The van der Waals surface area contributed by atoms with Crippen LogP contribution in [0.1, 0.15) is 31.2 Å². The highest BCUT2D eigenvalue weighted by atomic mass is 19.4. The van der Waals surface area contributed by atoms with Gasteiger partial charge in [-0.3, -0.25) is 4.79 Å². The minimum absolute atomic E-state index is 0.0660. The van der Waals surface area contributed by atoms with Crippen molar-refractivity contribution in [1.82, 2.24) is 5.32 Å². The number of hydrogen-bond acceptors (Lipinski definition) is 2. The van der Waals surface area contributed by atoms with Crippen molar-refractivity contribution in [3.8, 4) is 5.75 Å². The predicted octanol–water partition coefficient (Wildman–Crippen LogP) is 4.37. The first-order valence-electron chi connectivity index (χ1n) is 7.74. The van der Waals surface area contributed by atoms with Gasteiger partial charge in [0.15, 0.2) is 0 Å². The van der Waals surface area contributed by atoms with Crippen molar-refractivity contribution in [2.24, 2.45) is 5.92 Å². The Hall–Kier alpha value is -1.93. The molecule has 0 spiro atoms. The quantitative estimate of drug-likeness (QED) is 0.801. The molecule has 9 heteroatoms. The fourth-order valence-corrected chi connectivity index (χ4v) is 2.89. The molecule has 0 heterocycles. The van der Waals surface area contributed by atoms with Crippen LogP contribution in [0.15, 0.2) is 24.3 Å². The van der Waals surface area contributed by atoms with Crippen molar-refractivity contribution >= 4 is 5.91 Å². The lowest BCUT2D eigenvalue weighted by molar-refractivity contribution is -0.274. The molecule has 1 fully saturated rings. The number of carbonyl (C=O) groups excluding carboxylic acids is 1. The molecule has 3 nitrogen and oxygen atoms in total. The highest BCUT2D eigenvalue weighted by Crippen LogP contribution is 2.37. The Labute approximate surface area is 140 Å². The molecule has 0 radical (unpaired) electrons. The van der Waals surface area contributed by atoms with Crippen molar-refractivity contribution < 1.29 is 35.9 Å². The molecule has 2 unspecified atom stereocenters. The Morgan fingerprint density at radius 3 is 2.28 bits per heavy atom. The molecule has 0 saturated heterocycles. The van der Waals surface area contributed by atoms with Crippen LogP contribution in [-0.4, -0.2) is 24.5 Å². The Balaban J connectivity index is 1.85. The zero-order chi connectivity index (χ0) is 18.7. The summed E-state index contributed by atoms with van der Waals surface area (Å²) in [5.41, 5.74) is 0.440. The van der Waals surface area contributed by atoms with E-state index in [1.54, 1.807) is 0 Å². The summed E-state index contributed by atoms with van der Waals surface area (Å²) in [7, 11) is 0. The second kappa shape index (κ2) is 7.53. The summed E-state index contributed by atoms with van der Waals surface area (Å²) in [5, 5.41) is 2.57. The first-order chi connectivity index (χ1) is 11.5. The number of hydrogen-bond donors (Lipinski definition) is 1. The maximum atomic E-state index is 12.7. The Morgan fingerprint density at radius 2 is 1.72 bits per heavy atom. The van der Waals surface area contributed by atoms with E-state index < -0.39 is 36.2 Å². The molecule has 1 aromatic rings. The number of carbonyl (C=O) groups is 1. The fourth-order valence-electron chi connectivity index (χ4n) is 2.89. The molecule has 1 aliphatic carbocycles. The Morgan fingerprint density at radius 1 is 1.08 bits per heavy atom. The van der Waals surface area contributed by atoms with Crippen molar-refractivity contribution in [2.45, 2.75) is 50.7 Å². The van der Waals surface area contributed by atoms with Crippen molar-refractivity contribution in [3.05, 3.63) is 29.8 Å². The van der Waals surface area contributed by atoms with E-state index in [9.17, 15) is 31.1 Å². The maximum absolute atomic E-state index is 12.7. The van der Waals surface area contributed by atoms with Gasteiger partial charge in [0.1, 0.15) is 5.75 Å². The monoisotopic (exact) mass is 369 g/mol. The molecule has 2 rings (SSSR count). The number of alkyl halides is 6. The number of amides is 1. The van der Waals surface area contributed by atoms with Gasteiger partial charge in [-0.15, -0.1) is 13.2 Å². The smallest absolute Gasteiger partial charge is 0.406 e. The molecule has 1 N–H and O–H groups in total. The van der Waals surface area contributed by atoms with E-state index in [-0.39, 0.29) is 19.3 Å². The summed E-state index contributed by atoms with van der Waals surface area (Å²) in [5.74, 6) is -2.28. The first-order valence-corrected chi connectivity index (χ1v) is 7.74. The average molecular weight is 369 g/mol. The van der Waals surface area contributed by atoms with Gasteiger partial charge >= 0.3 is 12.5 Å². The Kier molecular flexibility index (Phi) is 5.84. The van der Waals surface area contributed by atoms with Gasteiger partial charge in [-0.2, -0.15) is 13.2 Å². The van der Waals surface area contributed by atoms with E-state index in [0.717, 1.165) is 12.1 Å². The highest BCUT2D eigenvalue weighted by molar-refractivity contribution is 5.78. The van der Waals surface area contributed by atoms with Crippen LogP contribution in [0.4, 0.5) is 26.3 Å². The topological polar surface area (TPSA) is 38.3 Å². The number of halogens is 6. The minimum atomic E-state index is -4.80. The normalized spacial score (nSPS) is 21.7. The highest BCUT2D eigenvalue weighted by Gasteiger charge is 2.42. The van der Waals surface area contributed by atoms with E-state index in [1.165, 1.54) is 12.1 Å². The van der Waals surface area contributed by atoms with E-state index in [2.05, 4.69) is 10.1 Å². The van der Waals surface area contributed by atoms with Gasteiger partial charge < -0.3 is 10.1 Å². The summed E-state index contributed by atoms with van der Waals surface area (Å²) >= 11 is 0. The van der Waals surface area contributed by atoms with Crippen LogP contribution < -0.4 is 10.1 Å². The lowest BCUT2D eigenvalue weighted by atomic mass is 9.85. The van der Waals surface area contributed by atoms with Crippen molar-refractivity contribution in [2.75, 3.05) is 0 Å². The molecular formula is C16H17F6NO2. The van der Waals surface area contributed by atoms with Crippen LogP contribution in [-0.2, 0) is 11.2 Å². The third kappa shape index (κ3) is 6.47. The van der Waals surface area contributed by atoms with Gasteiger partial charge in [0.25, 0.3) is 0 Å². The summed E-state index contributed by atoms with van der Waals surface area (Å²) in [6.45, 7) is 0. The second-order valence-electron chi connectivity index (χ2n) is 6.04. The molecule has 2 atom stereocenters. The first kappa shape index (κ1) is 19.4. The molecule has 1 saturated carbocycles. The minimum Gasteiger partial charge on any atom is -0.406 e. The summed E-state index contributed by atoms with van der Waals surface area (Å²) in [6, 6.07) is 4.23. The van der Waals surface area contributed by atoms with E-state index in [4.69, 9.17) is 0 Å². The fraction of sp³-hybridized carbons (Fsp3) is 0.562. The average Bonchev–Trinajstić information content (AvgIpc) is 2.47. The molecule has 1 aliphatic rings. The standard InChI is InChI=1S/C16H17F6NO2/c17-15(18,19)11-2-1-3-12(9-11)23-14(24)8-10-4-6-13(7-5-10)25-16(20,21)22/h4-7,11-12H,1-3,8-9H2,(H,23,24). The zero-order valence-corrected chi connectivity index (χ0v) is 13.1. The Bertz CT molecular complexity index is 582. The number of benzene rings is 1. The molecule has 0 aliphatic heterocycles. The summed E-state index contributed by atoms with van der Waals surface area (Å²) < 4.78 is 78.2. The van der Waals surface area contributed by atoms with Crippen LogP contribution in [0.5, 0.6) is 5.75 Å². The van der Waals surface area contributed by atoms with Gasteiger partial charge in [-0.1, -0.05) is 18.6 Å². The predicted molar refractivity (Wildman–Crippen MR) is 76.8 cm³/mol. The molecule has 0 bridgehead atoms. The van der Waals surface area contributed by atoms with Crippen LogP contribution in [0.25, 0.3) is 0 Å². The van der Waals surface area contributed by atoms with Gasteiger partial charge in [0.2, 0.25) is 5.91 Å². The largest absolute Gasteiger partial charge is 0.573 e. The van der Waals surface area contributed by atoms with Crippen LogP contribution in [0, 0.1) is 5.92 Å². The lowest BCUT2D eigenvalue weighted by Crippen LogP contribution is -2.42. The van der Waals surface area contributed by atoms with Gasteiger partial charge in [0.05, 0.1) is 12.3 Å². The van der Waals surface area contributed by atoms with E-state index in [0.29, 0.717) is 18.4 Å². The molecule has 25 heavy (non-hydrogen) atoms. The van der Waals surface area contributed by atoms with Crippen LogP contribution in [0.2, 0.25) is 0 Å². The third-order valence-electron chi connectivity index (χ3n) is 4.02. The van der Waals surface area contributed by atoms with Crippen molar-refractivity contribution in [1.29, 1.82) is 0 Å². The summed E-state index contributed by atoms with van der Waals surface area (Å²) in [4.78, 5) is 11.9. The maximum Gasteiger partial charge on any atom is 0.573 e. The molecule has 1 aromatic carbocycles. The van der Waals surface area contributed by atoms with Gasteiger partial charge in [0, 0.05) is 6.04 Å².